The van der Waals surface area contributed by atoms with Crippen LogP contribution in [0.1, 0.15) is 18.5 Å². The van der Waals surface area contributed by atoms with E-state index in [1.54, 1.807) is 0 Å². The first kappa shape index (κ1) is 8.05. The first-order valence-corrected chi connectivity index (χ1v) is 4.34. The summed E-state index contributed by atoms with van der Waals surface area (Å²) in [6.07, 6.45) is 4.72. The molecule has 0 saturated heterocycles. The molecule has 0 spiro atoms. The van der Waals surface area contributed by atoms with Crippen molar-refractivity contribution in [1.82, 2.24) is 9.78 Å². The molecule has 1 radical (unpaired) electrons. The van der Waals surface area contributed by atoms with Crippen LogP contribution in [-0.2, 0) is 0 Å². The quantitative estimate of drug-likeness (QED) is 0.677. The van der Waals surface area contributed by atoms with Crippen molar-refractivity contribution in [3.05, 3.63) is 54.4 Å². The molecule has 2 nitrogen and oxygen atoms in total. The minimum atomic E-state index is 0.285. The Morgan fingerprint density at radius 1 is 1.31 bits per heavy atom. The van der Waals surface area contributed by atoms with Gasteiger partial charge in [-0.25, -0.2) is 0 Å². The topological polar surface area (TPSA) is 17.8 Å². The molecule has 1 aromatic heterocycles. The lowest BCUT2D eigenvalue weighted by Crippen LogP contribution is -2.06. The second-order valence-corrected chi connectivity index (χ2v) is 3.01. The molecule has 2 rings (SSSR count). The molecule has 1 unspecified atom stereocenters. The smallest absolute Gasteiger partial charge is 0.113 e. The van der Waals surface area contributed by atoms with E-state index in [1.165, 1.54) is 5.56 Å². The molecule has 0 aliphatic heterocycles. The Labute approximate surface area is 77.8 Å². The van der Waals surface area contributed by atoms with Crippen molar-refractivity contribution in [2.75, 3.05) is 0 Å². The Bertz CT molecular complexity index is 351. The third kappa shape index (κ3) is 1.61. The number of hydrogen-bond donors (Lipinski definition) is 0. The largest absolute Gasteiger partial charge is 0.265 e. The molecular formula is C11H11N2. The monoisotopic (exact) mass is 171 g/mol. The van der Waals surface area contributed by atoms with Crippen molar-refractivity contribution < 1.29 is 0 Å². The van der Waals surface area contributed by atoms with Gasteiger partial charge >= 0.3 is 0 Å². The molecule has 0 aliphatic rings. The van der Waals surface area contributed by atoms with Crippen molar-refractivity contribution in [3.63, 3.8) is 0 Å². The standard InChI is InChI=1S/C11H11N2/c1-10(13-9-5-8-12-13)11-6-3-2-4-7-11/h2-7,9-10H,1H3. The zero-order valence-corrected chi connectivity index (χ0v) is 7.51. The van der Waals surface area contributed by atoms with Crippen LogP contribution in [0.2, 0.25) is 0 Å². The van der Waals surface area contributed by atoms with E-state index in [4.69, 9.17) is 0 Å². The fourth-order valence-electron chi connectivity index (χ4n) is 1.34. The van der Waals surface area contributed by atoms with Gasteiger partial charge in [-0.3, -0.25) is 4.68 Å². The zero-order chi connectivity index (χ0) is 9.10. The van der Waals surface area contributed by atoms with Gasteiger partial charge in [-0.05, 0) is 18.6 Å². The number of aromatic nitrogens is 2. The first-order valence-electron chi connectivity index (χ1n) is 4.34. The van der Waals surface area contributed by atoms with Gasteiger partial charge in [0.05, 0.1) is 6.04 Å². The molecule has 0 saturated carbocycles. The minimum Gasteiger partial charge on any atom is -0.265 e. The van der Waals surface area contributed by atoms with Gasteiger partial charge in [0.1, 0.15) is 6.20 Å². The highest BCUT2D eigenvalue weighted by molar-refractivity contribution is 5.18. The molecule has 2 aromatic rings. The second-order valence-electron chi connectivity index (χ2n) is 3.01. The molecule has 1 atom stereocenters. The maximum Gasteiger partial charge on any atom is 0.113 e. The van der Waals surface area contributed by atoms with E-state index in [0.29, 0.717) is 0 Å². The molecular weight excluding hydrogens is 160 g/mol. The van der Waals surface area contributed by atoms with Gasteiger partial charge in [0.15, 0.2) is 0 Å². The normalized spacial score (nSPS) is 12.7. The number of nitrogens with zero attached hydrogens (tertiary/aromatic N) is 2. The molecule has 1 heterocycles. The summed E-state index contributed by atoms with van der Waals surface area (Å²) in [5.74, 6) is 0. The first-order chi connectivity index (χ1) is 6.38. The number of benzene rings is 1. The highest BCUT2D eigenvalue weighted by Crippen LogP contribution is 2.15. The number of rotatable bonds is 2. The summed E-state index contributed by atoms with van der Waals surface area (Å²) < 4.78 is 1.90. The lowest BCUT2D eigenvalue weighted by molar-refractivity contribution is 0.563. The molecule has 13 heavy (non-hydrogen) atoms. The van der Waals surface area contributed by atoms with Gasteiger partial charge in [0, 0.05) is 6.20 Å². The summed E-state index contributed by atoms with van der Waals surface area (Å²) in [4.78, 5) is 0. The second kappa shape index (κ2) is 3.44. The van der Waals surface area contributed by atoms with Gasteiger partial charge in [0.2, 0.25) is 0 Å². The number of hydrogen-bond acceptors (Lipinski definition) is 1. The predicted molar refractivity (Wildman–Crippen MR) is 51.3 cm³/mol. The molecule has 0 N–H and O–H groups in total. The summed E-state index contributed by atoms with van der Waals surface area (Å²) in [7, 11) is 0. The predicted octanol–water partition coefficient (Wildman–Crippen LogP) is 2.29. The average Bonchev–Trinajstić information content (AvgIpc) is 2.71. The average molecular weight is 171 g/mol. The van der Waals surface area contributed by atoms with E-state index < -0.39 is 0 Å². The Hall–Kier alpha value is -1.57. The van der Waals surface area contributed by atoms with E-state index in [1.807, 2.05) is 35.1 Å². The van der Waals surface area contributed by atoms with Crippen LogP contribution >= 0.6 is 0 Å². The fourth-order valence-corrected chi connectivity index (χ4v) is 1.34. The molecule has 1 aromatic carbocycles. The SMILES string of the molecule is CC(c1ccccc1)n1cc[c]n1. The molecule has 65 valence electrons. The molecule has 2 heteroatoms. The molecule has 0 bridgehead atoms. The Morgan fingerprint density at radius 3 is 2.69 bits per heavy atom. The Kier molecular flexibility index (Phi) is 2.13. The lowest BCUT2D eigenvalue weighted by Gasteiger charge is -2.11. The van der Waals surface area contributed by atoms with Crippen LogP contribution in [0, 0.1) is 6.20 Å². The Balaban J connectivity index is 2.29. The summed E-state index contributed by atoms with van der Waals surface area (Å²) in [6.45, 7) is 2.12. The third-order valence-corrected chi connectivity index (χ3v) is 2.15. The highest BCUT2D eigenvalue weighted by atomic mass is 15.3. The lowest BCUT2D eigenvalue weighted by atomic mass is 10.1. The van der Waals surface area contributed by atoms with Crippen molar-refractivity contribution in [2.24, 2.45) is 0 Å². The maximum atomic E-state index is 4.08. The van der Waals surface area contributed by atoms with Gasteiger partial charge in [0.25, 0.3) is 0 Å². The molecule has 0 fully saturated rings. The van der Waals surface area contributed by atoms with Crippen LogP contribution in [0.3, 0.4) is 0 Å². The van der Waals surface area contributed by atoms with Gasteiger partial charge < -0.3 is 0 Å². The van der Waals surface area contributed by atoms with E-state index in [2.05, 4.69) is 30.4 Å². The van der Waals surface area contributed by atoms with Crippen molar-refractivity contribution in [3.8, 4) is 0 Å². The van der Waals surface area contributed by atoms with E-state index in [-0.39, 0.29) is 6.04 Å². The maximum absolute atomic E-state index is 4.08. The van der Waals surface area contributed by atoms with Crippen molar-refractivity contribution in [2.45, 2.75) is 13.0 Å². The molecule has 0 aliphatic carbocycles. The summed E-state index contributed by atoms with van der Waals surface area (Å²) >= 11 is 0. The van der Waals surface area contributed by atoms with E-state index in [0.717, 1.165) is 0 Å². The Morgan fingerprint density at radius 2 is 2.08 bits per heavy atom. The van der Waals surface area contributed by atoms with Gasteiger partial charge in [-0.1, -0.05) is 30.3 Å². The highest BCUT2D eigenvalue weighted by Gasteiger charge is 2.05. The van der Waals surface area contributed by atoms with E-state index in [9.17, 15) is 0 Å². The fraction of sp³-hybridized carbons (Fsp3) is 0.182. The summed E-state index contributed by atoms with van der Waals surface area (Å²) in [5, 5.41) is 4.08. The molecule has 0 amide bonds. The van der Waals surface area contributed by atoms with Crippen LogP contribution in [0.15, 0.2) is 42.6 Å². The van der Waals surface area contributed by atoms with Crippen molar-refractivity contribution >= 4 is 0 Å². The van der Waals surface area contributed by atoms with Crippen LogP contribution < -0.4 is 0 Å². The van der Waals surface area contributed by atoms with Crippen LogP contribution in [-0.4, -0.2) is 9.78 Å². The third-order valence-electron chi connectivity index (χ3n) is 2.15. The van der Waals surface area contributed by atoms with Gasteiger partial charge in [-0.15, -0.1) is 0 Å². The van der Waals surface area contributed by atoms with E-state index >= 15 is 0 Å². The van der Waals surface area contributed by atoms with Crippen LogP contribution in [0.5, 0.6) is 0 Å². The summed E-state index contributed by atoms with van der Waals surface area (Å²) in [6, 6.07) is 12.4. The minimum absolute atomic E-state index is 0.285. The summed E-state index contributed by atoms with van der Waals surface area (Å²) in [5.41, 5.74) is 1.26. The zero-order valence-electron chi connectivity index (χ0n) is 7.51. The van der Waals surface area contributed by atoms with Crippen LogP contribution in [0.4, 0.5) is 0 Å². The van der Waals surface area contributed by atoms with Crippen molar-refractivity contribution in [1.29, 1.82) is 0 Å². The van der Waals surface area contributed by atoms with Crippen LogP contribution in [0.25, 0.3) is 0 Å². The van der Waals surface area contributed by atoms with Gasteiger partial charge in [-0.2, -0.15) is 5.10 Å².